The van der Waals surface area contributed by atoms with Crippen molar-refractivity contribution in [2.75, 3.05) is 6.54 Å². The number of thiophene rings is 1. The highest BCUT2D eigenvalue weighted by atomic mass is 32.1. The molecule has 0 amide bonds. The van der Waals surface area contributed by atoms with Crippen LogP contribution in [0.4, 0.5) is 0 Å². The average Bonchev–Trinajstić information content (AvgIpc) is 3.03. The zero-order valence-corrected chi connectivity index (χ0v) is 13.3. The summed E-state index contributed by atoms with van der Waals surface area (Å²) >= 11 is 1.58. The van der Waals surface area contributed by atoms with Crippen molar-refractivity contribution < 1.29 is 14.3 Å². The Morgan fingerprint density at radius 3 is 2.81 bits per heavy atom. The molecule has 0 aliphatic carbocycles. The maximum Gasteiger partial charge on any atom is 0.304 e. The molecule has 2 rings (SSSR count). The molecule has 0 radical (unpaired) electrons. The van der Waals surface area contributed by atoms with Crippen LogP contribution < -0.4 is 0 Å². The van der Waals surface area contributed by atoms with Gasteiger partial charge >= 0.3 is 5.97 Å². The van der Waals surface area contributed by atoms with Gasteiger partial charge in [-0.3, -0.25) is 9.69 Å². The number of oxazole rings is 1. The molecule has 0 fully saturated rings. The third kappa shape index (κ3) is 4.41. The number of aliphatic carboxylic acids is 1. The van der Waals surface area contributed by atoms with Crippen molar-refractivity contribution in [3.8, 4) is 10.8 Å². The van der Waals surface area contributed by atoms with Crippen LogP contribution in [0.1, 0.15) is 32.9 Å². The molecule has 0 bridgehead atoms. The Morgan fingerprint density at radius 2 is 2.24 bits per heavy atom. The van der Waals surface area contributed by atoms with E-state index in [2.05, 4.69) is 30.7 Å². The molecule has 0 unspecified atom stereocenters. The van der Waals surface area contributed by atoms with Gasteiger partial charge in [0.15, 0.2) is 0 Å². The molecule has 0 aliphatic rings. The highest BCUT2D eigenvalue weighted by Crippen LogP contribution is 2.25. The lowest BCUT2D eigenvalue weighted by molar-refractivity contribution is -0.137. The lowest BCUT2D eigenvalue weighted by atomic mass is 10.1. The number of carbonyl (C=O) groups is 1. The molecule has 2 heterocycles. The summed E-state index contributed by atoms with van der Waals surface area (Å²) in [7, 11) is 0. The highest BCUT2D eigenvalue weighted by molar-refractivity contribution is 7.13. The van der Waals surface area contributed by atoms with Crippen LogP contribution in [-0.4, -0.2) is 33.0 Å². The third-order valence-corrected chi connectivity index (χ3v) is 4.04. The maximum absolute atomic E-state index is 10.8. The minimum Gasteiger partial charge on any atom is -0.481 e. The van der Waals surface area contributed by atoms with E-state index >= 15 is 0 Å². The molecule has 2 aromatic heterocycles. The summed E-state index contributed by atoms with van der Waals surface area (Å²) in [5.41, 5.74) is 0.691. The predicted octanol–water partition coefficient (Wildman–Crippen LogP) is 3.48. The summed E-state index contributed by atoms with van der Waals surface area (Å²) in [6.45, 7) is 7.25. The fourth-order valence-electron chi connectivity index (χ4n) is 1.97. The average molecular weight is 308 g/mol. The molecule has 6 heteroatoms. The van der Waals surface area contributed by atoms with Crippen LogP contribution in [0.15, 0.2) is 28.2 Å². The molecule has 114 valence electrons. The number of hydrogen-bond donors (Lipinski definition) is 1. The zero-order chi connectivity index (χ0) is 15.5. The van der Waals surface area contributed by atoms with Gasteiger partial charge in [-0.15, -0.1) is 11.3 Å². The number of rotatable bonds is 6. The van der Waals surface area contributed by atoms with Crippen molar-refractivity contribution in [3.63, 3.8) is 0 Å². The summed E-state index contributed by atoms with van der Waals surface area (Å²) < 4.78 is 5.50. The molecule has 0 spiro atoms. The van der Waals surface area contributed by atoms with Crippen molar-refractivity contribution in [1.29, 1.82) is 0 Å². The van der Waals surface area contributed by atoms with E-state index in [1.807, 2.05) is 17.5 Å². The second-order valence-corrected chi connectivity index (χ2v) is 6.81. The monoisotopic (exact) mass is 308 g/mol. The summed E-state index contributed by atoms with van der Waals surface area (Å²) in [6, 6.07) is 3.92. The van der Waals surface area contributed by atoms with E-state index in [0.29, 0.717) is 19.0 Å². The predicted molar refractivity (Wildman–Crippen MR) is 82.2 cm³/mol. The summed E-state index contributed by atoms with van der Waals surface area (Å²) in [5.74, 6) is -0.171. The van der Waals surface area contributed by atoms with Crippen LogP contribution in [0.25, 0.3) is 10.8 Å². The minimum atomic E-state index is -0.788. The van der Waals surface area contributed by atoms with Crippen LogP contribution in [0, 0.1) is 0 Å². The second-order valence-electron chi connectivity index (χ2n) is 5.86. The molecule has 0 saturated carbocycles. The first-order chi connectivity index (χ1) is 9.86. The smallest absolute Gasteiger partial charge is 0.304 e. The number of nitrogens with zero attached hydrogens (tertiary/aromatic N) is 2. The Labute approximate surface area is 128 Å². The van der Waals surface area contributed by atoms with E-state index in [1.54, 1.807) is 17.6 Å². The van der Waals surface area contributed by atoms with Gasteiger partial charge in [0.05, 0.1) is 17.0 Å². The first-order valence-electron chi connectivity index (χ1n) is 6.81. The van der Waals surface area contributed by atoms with E-state index in [9.17, 15) is 4.79 Å². The van der Waals surface area contributed by atoms with Crippen LogP contribution in [0.5, 0.6) is 0 Å². The number of aromatic nitrogens is 1. The van der Waals surface area contributed by atoms with Crippen molar-refractivity contribution >= 4 is 17.3 Å². The summed E-state index contributed by atoms with van der Waals surface area (Å²) in [5, 5.41) is 10.8. The Bertz CT molecular complexity index is 584. The molecule has 0 saturated heterocycles. The highest BCUT2D eigenvalue weighted by Gasteiger charge is 2.23. The van der Waals surface area contributed by atoms with Crippen molar-refractivity contribution in [2.24, 2.45) is 0 Å². The molecule has 0 aromatic carbocycles. The number of hydrogen-bond acceptors (Lipinski definition) is 5. The van der Waals surface area contributed by atoms with E-state index in [4.69, 9.17) is 9.52 Å². The van der Waals surface area contributed by atoms with Gasteiger partial charge in [-0.1, -0.05) is 6.07 Å². The lowest BCUT2D eigenvalue weighted by Crippen LogP contribution is -2.42. The van der Waals surface area contributed by atoms with Gasteiger partial charge in [-0.25, -0.2) is 4.98 Å². The minimum absolute atomic E-state index is 0.118. The van der Waals surface area contributed by atoms with Crippen LogP contribution in [0.2, 0.25) is 0 Å². The van der Waals surface area contributed by atoms with E-state index in [0.717, 1.165) is 10.6 Å². The quantitative estimate of drug-likeness (QED) is 0.885. The van der Waals surface area contributed by atoms with Gasteiger partial charge in [0.2, 0.25) is 5.89 Å². The Balaban J connectivity index is 2.08. The zero-order valence-electron chi connectivity index (χ0n) is 12.5. The SMILES string of the molecule is CC(C)(C)N(CCC(=O)O)Cc1coc(-c2cccs2)n1. The van der Waals surface area contributed by atoms with Gasteiger partial charge in [-0.2, -0.15) is 0 Å². The first kappa shape index (κ1) is 15.7. The second kappa shape index (κ2) is 6.41. The van der Waals surface area contributed by atoms with Crippen LogP contribution in [0.3, 0.4) is 0 Å². The number of carboxylic acid groups (broad SMARTS) is 1. The largest absolute Gasteiger partial charge is 0.481 e. The first-order valence-corrected chi connectivity index (χ1v) is 7.69. The van der Waals surface area contributed by atoms with E-state index < -0.39 is 5.97 Å². The van der Waals surface area contributed by atoms with Crippen molar-refractivity contribution in [2.45, 2.75) is 39.3 Å². The van der Waals surface area contributed by atoms with Gasteiger partial charge in [0.1, 0.15) is 6.26 Å². The summed E-state index contributed by atoms with van der Waals surface area (Å²) in [6.07, 6.45) is 1.77. The molecule has 21 heavy (non-hydrogen) atoms. The molecule has 0 atom stereocenters. The molecular formula is C15H20N2O3S. The topological polar surface area (TPSA) is 66.6 Å². The fourth-order valence-corrected chi connectivity index (χ4v) is 2.63. The fraction of sp³-hybridized carbons (Fsp3) is 0.467. The van der Waals surface area contributed by atoms with Crippen molar-refractivity contribution in [1.82, 2.24) is 9.88 Å². The van der Waals surface area contributed by atoms with Crippen LogP contribution >= 0.6 is 11.3 Å². The van der Waals surface area contributed by atoms with E-state index in [1.165, 1.54) is 0 Å². The molecule has 5 nitrogen and oxygen atoms in total. The molecular weight excluding hydrogens is 288 g/mol. The molecule has 2 aromatic rings. The normalized spacial score (nSPS) is 12.0. The Kier molecular flexibility index (Phi) is 4.80. The lowest BCUT2D eigenvalue weighted by Gasteiger charge is -2.34. The Hall–Kier alpha value is -1.66. The van der Waals surface area contributed by atoms with Gasteiger partial charge in [0.25, 0.3) is 0 Å². The Morgan fingerprint density at radius 1 is 1.48 bits per heavy atom. The molecule has 1 N–H and O–H groups in total. The number of carboxylic acids is 1. The van der Waals surface area contributed by atoms with Gasteiger partial charge < -0.3 is 9.52 Å². The van der Waals surface area contributed by atoms with Crippen LogP contribution in [-0.2, 0) is 11.3 Å². The molecule has 0 aliphatic heterocycles. The van der Waals surface area contributed by atoms with Gasteiger partial charge in [-0.05, 0) is 32.2 Å². The van der Waals surface area contributed by atoms with Crippen molar-refractivity contribution in [3.05, 3.63) is 29.5 Å². The third-order valence-electron chi connectivity index (χ3n) is 3.18. The van der Waals surface area contributed by atoms with E-state index in [-0.39, 0.29) is 12.0 Å². The summed E-state index contributed by atoms with van der Waals surface area (Å²) in [4.78, 5) is 18.4. The van der Waals surface area contributed by atoms with Gasteiger partial charge in [0, 0.05) is 18.6 Å². The maximum atomic E-state index is 10.8. The standard InChI is InChI=1S/C15H20N2O3S/c1-15(2,3)17(7-6-13(18)19)9-11-10-20-14(16-11)12-5-4-8-21-12/h4-5,8,10H,6-7,9H2,1-3H3,(H,18,19).